The fourth-order valence-corrected chi connectivity index (χ4v) is 2.48. The molecule has 0 radical (unpaired) electrons. The van der Waals surface area contributed by atoms with E-state index in [4.69, 9.17) is 11.6 Å². The van der Waals surface area contributed by atoms with E-state index in [-0.39, 0.29) is 5.91 Å². The van der Waals surface area contributed by atoms with Crippen molar-refractivity contribution in [3.63, 3.8) is 0 Å². The van der Waals surface area contributed by atoms with Gasteiger partial charge in [0, 0.05) is 37.5 Å². The molecular weight excluding hydrogens is 264 g/mol. The topological polar surface area (TPSA) is 58.1 Å². The van der Waals surface area contributed by atoms with Gasteiger partial charge in [0.1, 0.15) is 16.8 Å². The highest BCUT2D eigenvalue weighted by molar-refractivity contribution is 6.30. The van der Waals surface area contributed by atoms with E-state index in [2.05, 4.69) is 20.2 Å². The molecule has 102 valence electrons. The second-order valence-corrected chi connectivity index (χ2v) is 5.54. The van der Waals surface area contributed by atoms with Crippen LogP contribution in [0.5, 0.6) is 0 Å². The molecule has 1 saturated heterocycles. The number of aromatic nitrogens is 2. The molecule has 1 aliphatic heterocycles. The largest absolute Gasteiger partial charge is 0.354 e. The summed E-state index contributed by atoms with van der Waals surface area (Å²) in [5, 5.41) is 3.41. The lowest BCUT2D eigenvalue weighted by Gasteiger charge is -2.23. The molecule has 2 fully saturated rings. The van der Waals surface area contributed by atoms with Gasteiger partial charge >= 0.3 is 0 Å². The predicted molar refractivity (Wildman–Crippen MR) is 73.6 cm³/mol. The minimum Gasteiger partial charge on any atom is -0.354 e. The first-order chi connectivity index (χ1) is 9.15. The Morgan fingerprint density at radius 1 is 1.32 bits per heavy atom. The molecule has 3 rings (SSSR count). The normalized spacial score (nSPS) is 20.1. The Bertz CT molecular complexity index is 516. The maximum Gasteiger partial charge on any atom is 0.221 e. The van der Waals surface area contributed by atoms with Crippen LogP contribution >= 0.6 is 11.6 Å². The minimum absolute atomic E-state index is 0.0997. The van der Waals surface area contributed by atoms with Crippen molar-refractivity contribution in [3.8, 4) is 0 Å². The van der Waals surface area contributed by atoms with E-state index >= 15 is 0 Å². The molecular formula is C13H17ClN4O. The van der Waals surface area contributed by atoms with Crippen molar-refractivity contribution < 1.29 is 4.79 Å². The lowest BCUT2D eigenvalue weighted by atomic mass is 10.2. The van der Waals surface area contributed by atoms with E-state index in [1.54, 1.807) is 0 Å². The Morgan fingerprint density at radius 3 is 2.84 bits per heavy atom. The number of carbonyl (C=O) groups is 1. The molecule has 0 aromatic carbocycles. The van der Waals surface area contributed by atoms with Gasteiger partial charge < -0.3 is 10.2 Å². The van der Waals surface area contributed by atoms with Crippen molar-refractivity contribution in [1.82, 2.24) is 15.3 Å². The second kappa shape index (κ2) is 4.96. The smallest absolute Gasteiger partial charge is 0.221 e. The third kappa shape index (κ3) is 2.66. The summed E-state index contributed by atoms with van der Waals surface area (Å²) in [7, 11) is 0. The quantitative estimate of drug-likeness (QED) is 0.837. The van der Waals surface area contributed by atoms with Crippen LogP contribution in [0.4, 0.5) is 5.82 Å². The molecule has 0 bridgehead atoms. The molecule has 5 nitrogen and oxygen atoms in total. The molecule has 1 aromatic heterocycles. The first-order valence-electron chi connectivity index (χ1n) is 6.71. The molecule has 1 aliphatic carbocycles. The van der Waals surface area contributed by atoms with Crippen LogP contribution in [-0.4, -0.2) is 35.5 Å². The summed E-state index contributed by atoms with van der Waals surface area (Å²) in [6.07, 6.45) is 2.80. The molecule has 1 saturated carbocycles. The average Bonchev–Trinajstić information content (AvgIpc) is 3.20. The van der Waals surface area contributed by atoms with Crippen molar-refractivity contribution in [1.29, 1.82) is 0 Å². The highest BCUT2D eigenvalue weighted by Crippen LogP contribution is 2.39. The van der Waals surface area contributed by atoms with Gasteiger partial charge in [-0.1, -0.05) is 11.6 Å². The maximum absolute atomic E-state index is 11.4. The van der Waals surface area contributed by atoms with Crippen molar-refractivity contribution >= 4 is 23.3 Å². The van der Waals surface area contributed by atoms with E-state index in [1.807, 2.05) is 6.92 Å². The van der Waals surface area contributed by atoms with E-state index < -0.39 is 0 Å². The molecule has 1 N–H and O–H groups in total. The Labute approximate surface area is 117 Å². The van der Waals surface area contributed by atoms with Gasteiger partial charge in [-0.05, 0) is 19.8 Å². The van der Waals surface area contributed by atoms with Crippen molar-refractivity contribution in [2.45, 2.75) is 32.1 Å². The number of hydrogen-bond acceptors (Lipinski definition) is 4. The summed E-state index contributed by atoms with van der Waals surface area (Å²) in [6, 6.07) is 0. The summed E-state index contributed by atoms with van der Waals surface area (Å²) in [6.45, 7) is 4.04. The molecule has 1 amide bonds. The summed E-state index contributed by atoms with van der Waals surface area (Å²) < 4.78 is 0. The van der Waals surface area contributed by atoms with Crippen LogP contribution in [0.2, 0.25) is 5.15 Å². The zero-order chi connectivity index (χ0) is 13.4. The van der Waals surface area contributed by atoms with Gasteiger partial charge in [-0.25, -0.2) is 9.97 Å². The van der Waals surface area contributed by atoms with Crippen molar-refractivity contribution in [2.75, 3.05) is 24.5 Å². The van der Waals surface area contributed by atoms with Gasteiger partial charge in [-0.3, -0.25) is 4.79 Å². The number of anilines is 1. The third-order valence-electron chi connectivity index (χ3n) is 3.63. The van der Waals surface area contributed by atoms with Crippen LogP contribution in [0.3, 0.4) is 0 Å². The van der Waals surface area contributed by atoms with Crippen LogP contribution in [0, 0.1) is 6.92 Å². The zero-order valence-corrected chi connectivity index (χ0v) is 11.7. The molecule has 19 heavy (non-hydrogen) atoms. The van der Waals surface area contributed by atoms with E-state index in [0.717, 1.165) is 36.6 Å². The molecule has 6 heteroatoms. The van der Waals surface area contributed by atoms with E-state index in [0.29, 0.717) is 30.6 Å². The van der Waals surface area contributed by atoms with Crippen LogP contribution in [0.15, 0.2) is 0 Å². The summed E-state index contributed by atoms with van der Waals surface area (Å²) >= 11 is 6.22. The van der Waals surface area contributed by atoms with Crippen molar-refractivity contribution in [3.05, 3.63) is 16.5 Å². The highest BCUT2D eigenvalue weighted by atomic mass is 35.5. The Morgan fingerprint density at radius 2 is 2.11 bits per heavy atom. The predicted octanol–water partition coefficient (Wildman–Crippen LogP) is 1.64. The van der Waals surface area contributed by atoms with Crippen LogP contribution in [-0.2, 0) is 4.79 Å². The molecule has 0 spiro atoms. The Kier molecular flexibility index (Phi) is 3.31. The van der Waals surface area contributed by atoms with Gasteiger partial charge in [0.05, 0.1) is 0 Å². The number of halogens is 1. The van der Waals surface area contributed by atoms with Gasteiger partial charge in [0.2, 0.25) is 5.91 Å². The number of hydrogen-bond donors (Lipinski definition) is 1. The third-order valence-corrected chi connectivity index (χ3v) is 4.00. The standard InChI is InChI=1S/C13H17ClN4O/c1-8-11(14)16-12(9-2-3-9)17-13(8)18-6-4-10(19)15-5-7-18/h9H,2-7H2,1H3,(H,15,19). The van der Waals surface area contributed by atoms with Crippen LogP contribution < -0.4 is 10.2 Å². The number of carbonyl (C=O) groups excluding carboxylic acids is 1. The zero-order valence-electron chi connectivity index (χ0n) is 10.9. The second-order valence-electron chi connectivity index (χ2n) is 5.18. The number of rotatable bonds is 2. The summed E-state index contributed by atoms with van der Waals surface area (Å²) in [4.78, 5) is 22.6. The molecule has 1 aromatic rings. The van der Waals surface area contributed by atoms with Crippen LogP contribution in [0.25, 0.3) is 0 Å². The van der Waals surface area contributed by atoms with Crippen LogP contribution in [0.1, 0.15) is 36.6 Å². The Hall–Kier alpha value is -1.36. The molecule has 0 atom stereocenters. The first-order valence-corrected chi connectivity index (χ1v) is 7.08. The fraction of sp³-hybridized carbons (Fsp3) is 0.615. The lowest BCUT2D eigenvalue weighted by Crippen LogP contribution is -2.30. The fourth-order valence-electron chi connectivity index (χ4n) is 2.30. The van der Waals surface area contributed by atoms with Crippen molar-refractivity contribution in [2.24, 2.45) is 0 Å². The van der Waals surface area contributed by atoms with Gasteiger partial charge in [-0.2, -0.15) is 0 Å². The molecule has 2 heterocycles. The highest BCUT2D eigenvalue weighted by Gasteiger charge is 2.29. The summed E-state index contributed by atoms with van der Waals surface area (Å²) in [5.41, 5.74) is 0.903. The van der Waals surface area contributed by atoms with Gasteiger partial charge in [0.25, 0.3) is 0 Å². The van der Waals surface area contributed by atoms with E-state index in [1.165, 1.54) is 0 Å². The number of amides is 1. The van der Waals surface area contributed by atoms with Gasteiger partial charge in [-0.15, -0.1) is 0 Å². The summed E-state index contributed by atoms with van der Waals surface area (Å²) in [5.74, 6) is 2.32. The number of nitrogens with one attached hydrogen (secondary N) is 1. The van der Waals surface area contributed by atoms with E-state index in [9.17, 15) is 4.79 Å². The van der Waals surface area contributed by atoms with Gasteiger partial charge in [0.15, 0.2) is 0 Å². The SMILES string of the molecule is Cc1c(Cl)nc(C2CC2)nc1N1CCNC(=O)CC1. The first kappa shape index (κ1) is 12.7. The maximum atomic E-state index is 11.4. The average molecular weight is 281 g/mol. The Balaban J connectivity index is 1.91. The monoisotopic (exact) mass is 280 g/mol. The molecule has 2 aliphatic rings. The lowest BCUT2D eigenvalue weighted by molar-refractivity contribution is -0.120. The molecule has 0 unspecified atom stereocenters. The minimum atomic E-state index is 0.0997. The number of nitrogens with zero attached hydrogens (tertiary/aromatic N) is 3.